The van der Waals surface area contributed by atoms with Crippen LogP contribution in [-0.2, 0) is 23.9 Å². The Hall–Kier alpha value is -2.51. The van der Waals surface area contributed by atoms with E-state index in [2.05, 4.69) is 14.5 Å². The molecular formula is C8H2N2O6. The van der Waals surface area contributed by atoms with Crippen LogP contribution in [0.5, 0.6) is 0 Å². The summed E-state index contributed by atoms with van der Waals surface area (Å²) in [5.74, 6) is -2.79. The molecule has 1 fully saturated rings. The van der Waals surface area contributed by atoms with Gasteiger partial charge in [-0.15, -0.1) is 0 Å². The number of hydrogen-bond acceptors (Lipinski definition) is 7. The van der Waals surface area contributed by atoms with E-state index >= 15 is 0 Å². The molecule has 1 amide bonds. The van der Waals surface area contributed by atoms with Gasteiger partial charge in [0.1, 0.15) is 0 Å². The average Bonchev–Trinajstić information content (AvgIpc) is 2.67. The summed E-state index contributed by atoms with van der Waals surface area (Å²) in [6.07, 6.45) is 0.0478. The summed E-state index contributed by atoms with van der Waals surface area (Å²) in [7, 11) is 0. The minimum atomic E-state index is -1.09. The van der Waals surface area contributed by atoms with E-state index in [1.807, 2.05) is 0 Å². The van der Waals surface area contributed by atoms with E-state index in [1.54, 1.807) is 0 Å². The van der Waals surface area contributed by atoms with E-state index in [1.165, 1.54) is 0 Å². The van der Waals surface area contributed by atoms with Crippen molar-refractivity contribution in [2.24, 2.45) is 4.99 Å². The van der Waals surface area contributed by atoms with Gasteiger partial charge in [0, 0.05) is 6.21 Å². The SMILES string of the molecule is O=C1OC(=O)C2=C1N=CC1C(=O)OC(=O)N21. The van der Waals surface area contributed by atoms with Crippen LogP contribution in [0.2, 0.25) is 0 Å². The monoisotopic (exact) mass is 222 g/mol. The van der Waals surface area contributed by atoms with Gasteiger partial charge in [-0.05, 0) is 0 Å². The number of carbonyl (C=O) groups excluding carboxylic acids is 4. The van der Waals surface area contributed by atoms with E-state index in [4.69, 9.17) is 0 Å². The lowest BCUT2D eigenvalue weighted by molar-refractivity contribution is -0.151. The van der Waals surface area contributed by atoms with E-state index in [9.17, 15) is 19.2 Å². The van der Waals surface area contributed by atoms with E-state index in [-0.39, 0.29) is 11.4 Å². The molecular weight excluding hydrogens is 220 g/mol. The third-order valence-corrected chi connectivity index (χ3v) is 2.29. The third kappa shape index (κ3) is 0.853. The van der Waals surface area contributed by atoms with Crippen LogP contribution in [-0.4, -0.2) is 41.2 Å². The molecule has 1 atom stereocenters. The smallest absolute Gasteiger partial charge is 0.383 e. The second-order valence-electron chi connectivity index (χ2n) is 3.15. The van der Waals surface area contributed by atoms with Gasteiger partial charge in [-0.1, -0.05) is 0 Å². The van der Waals surface area contributed by atoms with Crippen molar-refractivity contribution >= 4 is 30.2 Å². The van der Waals surface area contributed by atoms with Gasteiger partial charge < -0.3 is 9.47 Å². The van der Waals surface area contributed by atoms with Crippen LogP contribution in [0.15, 0.2) is 16.4 Å². The molecule has 1 saturated heterocycles. The molecule has 1 unspecified atom stereocenters. The van der Waals surface area contributed by atoms with Gasteiger partial charge in [0.2, 0.25) is 0 Å². The van der Waals surface area contributed by atoms with Crippen molar-refractivity contribution < 1.29 is 28.7 Å². The zero-order valence-corrected chi connectivity index (χ0v) is 7.50. The van der Waals surface area contributed by atoms with Gasteiger partial charge in [-0.25, -0.2) is 29.1 Å². The number of cyclic esters (lactones) is 4. The van der Waals surface area contributed by atoms with Crippen LogP contribution < -0.4 is 0 Å². The Balaban J connectivity index is 2.17. The molecule has 0 aromatic carbocycles. The summed E-state index contributed by atoms with van der Waals surface area (Å²) in [5.41, 5.74) is -0.624. The van der Waals surface area contributed by atoms with Crippen LogP contribution in [0.4, 0.5) is 4.79 Å². The highest BCUT2D eigenvalue weighted by Gasteiger charge is 2.51. The summed E-state index contributed by atoms with van der Waals surface area (Å²) in [6, 6.07) is -1.09. The van der Waals surface area contributed by atoms with Crippen molar-refractivity contribution in [1.29, 1.82) is 0 Å². The van der Waals surface area contributed by atoms with Gasteiger partial charge in [0.05, 0.1) is 0 Å². The number of esters is 3. The predicted molar refractivity (Wildman–Crippen MR) is 43.7 cm³/mol. The van der Waals surface area contributed by atoms with E-state index in [0.717, 1.165) is 11.1 Å². The summed E-state index contributed by atoms with van der Waals surface area (Å²) in [5, 5.41) is 0. The minimum Gasteiger partial charge on any atom is -0.383 e. The average molecular weight is 222 g/mol. The van der Waals surface area contributed by atoms with Crippen molar-refractivity contribution in [3.8, 4) is 0 Å². The van der Waals surface area contributed by atoms with Crippen molar-refractivity contribution in [2.45, 2.75) is 6.04 Å². The molecule has 0 aliphatic carbocycles. The molecule has 0 radical (unpaired) electrons. The molecule has 80 valence electrons. The molecule has 0 saturated carbocycles. The third-order valence-electron chi connectivity index (χ3n) is 2.29. The molecule has 8 nitrogen and oxygen atoms in total. The number of nitrogens with zero attached hydrogens (tertiary/aromatic N) is 2. The Morgan fingerprint density at radius 2 is 1.88 bits per heavy atom. The molecule has 3 rings (SSSR count). The van der Waals surface area contributed by atoms with Gasteiger partial charge in [0.15, 0.2) is 17.4 Å². The first-order valence-corrected chi connectivity index (χ1v) is 4.19. The second-order valence-corrected chi connectivity index (χ2v) is 3.15. The van der Waals surface area contributed by atoms with Gasteiger partial charge in [-0.2, -0.15) is 0 Å². The van der Waals surface area contributed by atoms with Crippen molar-refractivity contribution in [3.05, 3.63) is 11.4 Å². The summed E-state index contributed by atoms with van der Waals surface area (Å²) in [4.78, 5) is 49.2. The fourth-order valence-electron chi connectivity index (χ4n) is 1.62. The molecule has 3 heterocycles. The number of aliphatic imine (C=N–C) groups is 1. The molecule has 0 bridgehead atoms. The van der Waals surface area contributed by atoms with Crippen LogP contribution >= 0.6 is 0 Å². The zero-order chi connectivity index (χ0) is 11.4. The Bertz CT molecular complexity index is 531. The minimum absolute atomic E-state index is 0.284. The standard InChI is InChI=1S/C8H2N2O6/c11-5-2-1-9-3-4(7(13)15-6(3)12)10(2)8(14)16-5/h1-2H. The number of amides is 1. The van der Waals surface area contributed by atoms with Crippen LogP contribution in [0, 0.1) is 0 Å². The van der Waals surface area contributed by atoms with Crippen molar-refractivity contribution in [2.75, 3.05) is 0 Å². The maximum absolute atomic E-state index is 11.3. The normalized spacial score (nSPS) is 27.0. The summed E-state index contributed by atoms with van der Waals surface area (Å²) in [6.45, 7) is 0. The van der Waals surface area contributed by atoms with Gasteiger partial charge in [0.25, 0.3) is 0 Å². The molecule has 0 spiro atoms. The molecule has 3 aliphatic rings. The number of hydrogen-bond donors (Lipinski definition) is 0. The fraction of sp³-hybridized carbons (Fsp3) is 0.125. The lowest BCUT2D eigenvalue weighted by Crippen LogP contribution is -2.39. The zero-order valence-electron chi connectivity index (χ0n) is 7.50. The van der Waals surface area contributed by atoms with Crippen molar-refractivity contribution in [3.63, 3.8) is 0 Å². The molecule has 0 N–H and O–H groups in total. The summed E-state index contributed by atoms with van der Waals surface area (Å²) >= 11 is 0. The lowest BCUT2D eigenvalue weighted by Gasteiger charge is -2.18. The Kier molecular flexibility index (Phi) is 1.39. The molecule has 0 aromatic heterocycles. The Morgan fingerprint density at radius 1 is 1.12 bits per heavy atom. The highest BCUT2D eigenvalue weighted by Crippen LogP contribution is 2.30. The first-order chi connectivity index (χ1) is 7.59. The van der Waals surface area contributed by atoms with Crippen LogP contribution in [0.1, 0.15) is 0 Å². The molecule has 16 heavy (non-hydrogen) atoms. The first kappa shape index (κ1) is 8.77. The highest BCUT2D eigenvalue weighted by atomic mass is 16.6. The number of ether oxygens (including phenoxy) is 2. The number of rotatable bonds is 0. The predicted octanol–water partition coefficient (Wildman–Crippen LogP) is -1.29. The largest absolute Gasteiger partial charge is 0.423 e. The van der Waals surface area contributed by atoms with Crippen LogP contribution in [0.25, 0.3) is 0 Å². The topological polar surface area (TPSA) is 102 Å². The maximum Gasteiger partial charge on any atom is 0.423 e. The first-order valence-electron chi connectivity index (χ1n) is 4.19. The molecule has 0 aromatic rings. The van der Waals surface area contributed by atoms with E-state index in [0.29, 0.717) is 0 Å². The quantitative estimate of drug-likeness (QED) is 0.373. The van der Waals surface area contributed by atoms with Gasteiger partial charge in [-0.3, -0.25) is 0 Å². The number of carbonyl (C=O) groups is 4. The van der Waals surface area contributed by atoms with Gasteiger partial charge >= 0.3 is 24.0 Å². The fourth-order valence-corrected chi connectivity index (χ4v) is 1.62. The lowest BCUT2D eigenvalue weighted by atomic mass is 10.2. The van der Waals surface area contributed by atoms with Crippen LogP contribution in [0.3, 0.4) is 0 Å². The molecule has 3 aliphatic heterocycles. The Labute approximate surface area is 87.1 Å². The Morgan fingerprint density at radius 3 is 2.62 bits per heavy atom. The second kappa shape index (κ2) is 2.54. The van der Waals surface area contributed by atoms with E-state index < -0.39 is 30.0 Å². The molecule has 8 heteroatoms. The summed E-state index contributed by atoms with van der Waals surface area (Å²) < 4.78 is 8.58. The van der Waals surface area contributed by atoms with Crippen molar-refractivity contribution in [1.82, 2.24) is 4.90 Å². The highest BCUT2D eigenvalue weighted by molar-refractivity contribution is 6.19. The maximum atomic E-state index is 11.3. The number of fused-ring (bicyclic) bond motifs is 2.